The number of nitrogens with one attached hydrogen (secondary N) is 1. The molecule has 0 aliphatic rings. The van der Waals surface area contributed by atoms with Crippen LogP contribution in [0.15, 0.2) is 60.7 Å². The number of amides is 2. The monoisotopic (exact) mass is 456 g/mol. The number of nitrogens with zero attached hydrogens (tertiary/aromatic N) is 1. The zero-order chi connectivity index (χ0) is 24.2. The molecule has 10 heteroatoms. The van der Waals surface area contributed by atoms with E-state index in [2.05, 4.69) is 5.32 Å². The van der Waals surface area contributed by atoms with Crippen molar-refractivity contribution in [3.63, 3.8) is 0 Å². The topological polar surface area (TPSA) is 139 Å². The van der Waals surface area contributed by atoms with Crippen LogP contribution in [0.4, 0.5) is 10.5 Å². The molecule has 2 amide bonds. The summed E-state index contributed by atoms with van der Waals surface area (Å²) in [4.78, 5) is 60.7. The molecule has 2 N–H and O–H groups in total. The van der Waals surface area contributed by atoms with Gasteiger partial charge in [0.2, 0.25) is 5.91 Å². The molecule has 1 atom stereocenters. The molecule has 0 aromatic heterocycles. The Morgan fingerprint density at radius 1 is 0.939 bits per heavy atom. The molecule has 33 heavy (non-hydrogen) atoms. The van der Waals surface area contributed by atoms with E-state index >= 15 is 0 Å². The van der Waals surface area contributed by atoms with E-state index in [1.54, 1.807) is 60.7 Å². The molecule has 2 rings (SSSR count). The van der Waals surface area contributed by atoms with Crippen molar-refractivity contribution < 1.29 is 38.6 Å². The molecule has 0 saturated carbocycles. The molecule has 174 valence electrons. The standard InChI is InChI=1S/C23H24N2O8/c1-16(26)25(18-10-6-3-7-11-18)13-22(30)32-15-20(27)19(12-21(28)29)24-23(31)33-14-17-8-4-2-5-9-17/h2-11,19H,12-15H2,1H3,(H,24,31)(H,28,29). The third-order valence-corrected chi connectivity index (χ3v) is 4.38. The fraction of sp³-hybridized carbons (Fsp3) is 0.261. The molecule has 2 aromatic rings. The molecule has 0 fully saturated rings. The number of rotatable bonds is 11. The van der Waals surface area contributed by atoms with Crippen LogP contribution >= 0.6 is 0 Å². The minimum atomic E-state index is -1.46. The Labute approximate surface area is 190 Å². The smallest absolute Gasteiger partial charge is 0.408 e. The summed E-state index contributed by atoms with van der Waals surface area (Å²) in [5, 5.41) is 11.2. The summed E-state index contributed by atoms with van der Waals surface area (Å²) in [5.41, 5.74) is 1.18. The molecule has 1 unspecified atom stereocenters. The first kappa shape index (κ1) is 25.1. The van der Waals surface area contributed by atoms with Crippen LogP contribution in [-0.4, -0.2) is 54.0 Å². The fourth-order valence-electron chi connectivity index (χ4n) is 2.75. The first-order chi connectivity index (χ1) is 15.8. The van der Waals surface area contributed by atoms with Crippen LogP contribution in [0.3, 0.4) is 0 Å². The number of aliphatic carboxylic acids is 1. The summed E-state index contributed by atoms with van der Waals surface area (Å²) in [7, 11) is 0. The van der Waals surface area contributed by atoms with Gasteiger partial charge in [-0.2, -0.15) is 0 Å². The van der Waals surface area contributed by atoms with Crippen molar-refractivity contribution in [2.24, 2.45) is 0 Å². The normalized spacial score (nSPS) is 11.1. The van der Waals surface area contributed by atoms with Crippen LogP contribution in [0.2, 0.25) is 0 Å². The van der Waals surface area contributed by atoms with Crippen LogP contribution < -0.4 is 10.2 Å². The second-order valence-electron chi connectivity index (χ2n) is 6.92. The molecule has 0 heterocycles. The molecule has 0 spiro atoms. The van der Waals surface area contributed by atoms with Gasteiger partial charge in [0.1, 0.15) is 19.2 Å². The molecule has 0 aliphatic carbocycles. The van der Waals surface area contributed by atoms with Crippen molar-refractivity contribution in [3.8, 4) is 0 Å². The number of hydrogen-bond donors (Lipinski definition) is 2. The number of esters is 1. The Kier molecular flexibility index (Phi) is 9.56. The minimum Gasteiger partial charge on any atom is -0.481 e. The van der Waals surface area contributed by atoms with Crippen LogP contribution in [0.25, 0.3) is 0 Å². The summed E-state index contributed by atoms with van der Waals surface area (Å²) in [6, 6.07) is 15.7. The fourth-order valence-corrected chi connectivity index (χ4v) is 2.75. The number of Topliss-reactive ketones (excluding diaryl/α,β-unsaturated/α-hetero) is 1. The van der Waals surface area contributed by atoms with Gasteiger partial charge in [-0.1, -0.05) is 48.5 Å². The van der Waals surface area contributed by atoms with E-state index in [9.17, 15) is 24.0 Å². The van der Waals surface area contributed by atoms with Gasteiger partial charge < -0.3 is 24.8 Å². The minimum absolute atomic E-state index is 0.0734. The van der Waals surface area contributed by atoms with E-state index in [4.69, 9.17) is 14.6 Å². The molecular weight excluding hydrogens is 432 g/mol. The Bertz CT molecular complexity index is 978. The molecular formula is C23H24N2O8. The summed E-state index contributed by atoms with van der Waals surface area (Å²) in [5.74, 6) is -3.45. The highest BCUT2D eigenvalue weighted by atomic mass is 16.6. The Balaban J connectivity index is 1.90. The lowest BCUT2D eigenvalue weighted by Gasteiger charge is -2.20. The Hall–Kier alpha value is -4.21. The van der Waals surface area contributed by atoms with Gasteiger partial charge in [-0.15, -0.1) is 0 Å². The largest absolute Gasteiger partial charge is 0.481 e. The number of alkyl carbamates (subject to hydrolysis) is 1. The summed E-state index contributed by atoms with van der Waals surface area (Å²) < 4.78 is 9.91. The van der Waals surface area contributed by atoms with E-state index in [1.807, 2.05) is 0 Å². The van der Waals surface area contributed by atoms with Gasteiger partial charge in [-0.05, 0) is 17.7 Å². The highest BCUT2D eigenvalue weighted by Gasteiger charge is 2.26. The maximum Gasteiger partial charge on any atom is 0.408 e. The van der Waals surface area contributed by atoms with Gasteiger partial charge in [-0.3, -0.25) is 19.2 Å². The zero-order valence-corrected chi connectivity index (χ0v) is 17.9. The highest BCUT2D eigenvalue weighted by molar-refractivity contribution is 5.97. The van der Waals surface area contributed by atoms with Crippen LogP contribution in [-0.2, 0) is 35.3 Å². The molecule has 0 saturated heterocycles. The SMILES string of the molecule is CC(=O)N(CC(=O)OCC(=O)C(CC(=O)O)NC(=O)OCc1ccccc1)c1ccccc1. The van der Waals surface area contributed by atoms with E-state index in [0.717, 1.165) is 0 Å². The number of anilines is 1. The lowest BCUT2D eigenvalue weighted by molar-refractivity contribution is -0.148. The third-order valence-electron chi connectivity index (χ3n) is 4.38. The number of carboxylic acids is 1. The average molecular weight is 456 g/mol. The van der Waals surface area contributed by atoms with E-state index in [-0.39, 0.29) is 6.61 Å². The van der Waals surface area contributed by atoms with Crippen molar-refractivity contribution in [1.82, 2.24) is 5.32 Å². The Morgan fingerprint density at radius 2 is 1.55 bits per heavy atom. The highest BCUT2D eigenvalue weighted by Crippen LogP contribution is 2.13. The van der Waals surface area contributed by atoms with Gasteiger partial charge in [0, 0.05) is 12.6 Å². The maximum atomic E-state index is 12.4. The first-order valence-corrected chi connectivity index (χ1v) is 9.96. The molecule has 2 aromatic carbocycles. The van der Waals surface area contributed by atoms with Gasteiger partial charge in [0.15, 0.2) is 12.4 Å². The summed E-state index contributed by atoms with van der Waals surface area (Å²) in [6.07, 6.45) is -1.71. The van der Waals surface area contributed by atoms with Crippen LogP contribution in [0, 0.1) is 0 Å². The maximum absolute atomic E-state index is 12.4. The van der Waals surface area contributed by atoms with Crippen LogP contribution in [0.1, 0.15) is 18.9 Å². The molecule has 0 bridgehead atoms. The number of ketones is 1. The first-order valence-electron chi connectivity index (χ1n) is 9.96. The van der Waals surface area contributed by atoms with Crippen molar-refractivity contribution in [2.75, 3.05) is 18.1 Å². The number of hydrogen-bond acceptors (Lipinski definition) is 7. The quantitative estimate of drug-likeness (QED) is 0.489. The second-order valence-corrected chi connectivity index (χ2v) is 6.92. The Morgan fingerprint density at radius 3 is 2.12 bits per heavy atom. The van der Waals surface area contributed by atoms with Gasteiger partial charge in [0.05, 0.1) is 6.42 Å². The third kappa shape index (κ3) is 8.82. The molecule has 0 aliphatic heterocycles. The number of carboxylic acid groups (broad SMARTS) is 1. The predicted octanol–water partition coefficient (Wildman–Crippen LogP) is 1.92. The number of carbonyl (C=O) groups excluding carboxylic acids is 4. The van der Waals surface area contributed by atoms with Crippen molar-refractivity contribution in [3.05, 3.63) is 66.2 Å². The molecule has 10 nitrogen and oxygen atoms in total. The van der Waals surface area contributed by atoms with Crippen molar-refractivity contribution in [1.29, 1.82) is 0 Å². The number of benzene rings is 2. The second kappa shape index (κ2) is 12.6. The average Bonchev–Trinajstić information content (AvgIpc) is 2.80. The van der Waals surface area contributed by atoms with Gasteiger partial charge in [-0.25, -0.2) is 4.79 Å². The lowest BCUT2D eigenvalue weighted by atomic mass is 10.1. The van der Waals surface area contributed by atoms with Crippen molar-refractivity contribution in [2.45, 2.75) is 26.0 Å². The van der Waals surface area contributed by atoms with Crippen LogP contribution in [0.5, 0.6) is 0 Å². The number of ether oxygens (including phenoxy) is 2. The summed E-state index contributed by atoms with van der Waals surface area (Å²) in [6.45, 7) is -0.0195. The lowest BCUT2D eigenvalue weighted by Crippen LogP contribution is -2.44. The number of para-hydroxylation sites is 1. The van der Waals surface area contributed by atoms with Gasteiger partial charge in [0.25, 0.3) is 0 Å². The zero-order valence-electron chi connectivity index (χ0n) is 17.9. The van der Waals surface area contributed by atoms with Gasteiger partial charge >= 0.3 is 18.0 Å². The van der Waals surface area contributed by atoms with E-state index in [0.29, 0.717) is 11.3 Å². The predicted molar refractivity (Wildman–Crippen MR) is 116 cm³/mol. The molecule has 0 radical (unpaired) electrons. The van der Waals surface area contributed by atoms with Crippen molar-refractivity contribution >= 4 is 35.4 Å². The summed E-state index contributed by atoms with van der Waals surface area (Å²) >= 11 is 0. The van der Waals surface area contributed by atoms with E-state index in [1.165, 1.54) is 11.8 Å². The number of carbonyl (C=O) groups is 5. The van der Waals surface area contributed by atoms with E-state index < -0.39 is 55.3 Å².